The van der Waals surface area contributed by atoms with Gasteiger partial charge in [-0.15, -0.1) is 11.3 Å². The van der Waals surface area contributed by atoms with E-state index >= 15 is 0 Å². The number of aromatic nitrogens is 2. The molecule has 3 heteroatoms. The van der Waals surface area contributed by atoms with E-state index < -0.39 is 0 Å². The Morgan fingerprint density at radius 3 is 1.91 bits per heavy atom. The fourth-order valence-corrected chi connectivity index (χ4v) is 10.1. The lowest BCUT2D eigenvalue weighted by atomic mass is 9.82. The second-order valence-corrected chi connectivity index (χ2v) is 16.4. The number of fused-ring (bicyclic) bond motifs is 8. The molecule has 0 N–H and O–H groups in total. The fourth-order valence-electron chi connectivity index (χ4n) is 8.84. The Kier molecular flexibility index (Phi) is 7.42. The van der Waals surface area contributed by atoms with Gasteiger partial charge in [-0.1, -0.05) is 159 Å². The van der Waals surface area contributed by atoms with Gasteiger partial charge in [0.2, 0.25) is 0 Å². The van der Waals surface area contributed by atoms with Crippen LogP contribution in [-0.2, 0) is 5.41 Å². The SMILES string of the molecule is CC1(C)c2ccccc2-c2c(-c3cc(-c4cc(-c5ccccc5)cc(-c5ccc6sc7c8ccccc8ccc7c6c5)c4)nc(-c4ccccc4)n3)cccc21. The number of hydrogen-bond donors (Lipinski definition) is 0. The number of rotatable bonds is 5. The molecule has 10 aromatic rings. The molecule has 264 valence electrons. The molecule has 0 saturated heterocycles. The van der Waals surface area contributed by atoms with Crippen LogP contribution in [0.2, 0.25) is 0 Å². The van der Waals surface area contributed by atoms with Crippen LogP contribution in [0.4, 0.5) is 0 Å². The van der Waals surface area contributed by atoms with Crippen molar-refractivity contribution in [3.05, 3.63) is 193 Å². The molecular weight excluding hydrogens is 697 g/mol. The molecule has 8 aromatic carbocycles. The molecule has 0 fully saturated rings. The first kappa shape index (κ1) is 32.7. The van der Waals surface area contributed by atoms with E-state index in [4.69, 9.17) is 9.97 Å². The highest BCUT2D eigenvalue weighted by Crippen LogP contribution is 2.52. The molecule has 0 amide bonds. The number of nitrogens with zero attached hydrogens (tertiary/aromatic N) is 2. The quantitative estimate of drug-likeness (QED) is 0.176. The largest absolute Gasteiger partial charge is 0.228 e. The molecule has 0 bridgehead atoms. The Morgan fingerprint density at radius 1 is 0.411 bits per heavy atom. The molecule has 0 unspecified atom stereocenters. The Balaban J connectivity index is 1.14. The lowest BCUT2D eigenvalue weighted by molar-refractivity contribution is 0.660. The average molecular weight is 733 g/mol. The summed E-state index contributed by atoms with van der Waals surface area (Å²) in [5, 5.41) is 5.18. The molecule has 0 atom stereocenters. The third kappa shape index (κ3) is 5.23. The van der Waals surface area contributed by atoms with Crippen LogP contribution in [0.15, 0.2) is 182 Å². The summed E-state index contributed by atoms with van der Waals surface area (Å²) in [6, 6.07) is 65.9. The van der Waals surface area contributed by atoms with Gasteiger partial charge in [0.05, 0.1) is 11.4 Å². The topological polar surface area (TPSA) is 25.8 Å². The van der Waals surface area contributed by atoms with Gasteiger partial charge in [-0.25, -0.2) is 9.97 Å². The van der Waals surface area contributed by atoms with Gasteiger partial charge in [-0.3, -0.25) is 0 Å². The van der Waals surface area contributed by atoms with Gasteiger partial charge in [-0.2, -0.15) is 0 Å². The van der Waals surface area contributed by atoms with E-state index in [-0.39, 0.29) is 5.41 Å². The summed E-state index contributed by atoms with van der Waals surface area (Å²) in [5.74, 6) is 0.714. The monoisotopic (exact) mass is 732 g/mol. The van der Waals surface area contributed by atoms with Gasteiger partial charge >= 0.3 is 0 Å². The number of benzene rings is 8. The van der Waals surface area contributed by atoms with Crippen molar-refractivity contribution < 1.29 is 0 Å². The van der Waals surface area contributed by atoms with Crippen LogP contribution in [-0.4, -0.2) is 9.97 Å². The first-order chi connectivity index (χ1) is 27.5. The maximum Gasteiger partial charge on any atom is 0.160 e. The third-order valence-corrected chi connectivity index (χ3v) is 12.9. The molecule has 0 radical (unpaired) electrons. The second-order valence-electron chi connectivity index (χ2n) is 15.4. The van der Waals surface area contributed by atoms with Gasteiger partial charge in [0.15, 0.2) is 5.82 Å². The lowest BCUT2D eigenvalue weighted by Gasteiger charge is -2.21. The van der Waals surface area contributed by atoms with Crippen molar-refractivity contribution in [2.75, 3.05) is 0 Å². The molecule has 2 heterocycles. The van der Waals surface area contributed by atoms with E-state index in [1.807, 2.05) is 17.4 Å². The zero-order valence-electron chi connectivity index (χ0n) is 31.1. The van der Waals surface area contributed by atoms with Gasteiger partial charge < -0.3 is 0 Å². The molecular formula is C53H36N2S. The average Bonchev–Trinajstić information content (AvgIpc) is 3.76. The maximum absolute atomic E-state index is 5.34. The Hall–Kier alpha value is -6.68. The van der Waals surface area contributed by atoms with Crippen molar-refractivity contribution >= 4 is 42.3 Å². The third-order valence-electron chi connectivity index (χ3n) is 11.7. The van der Waals surface area contributed by atoms with Crippen molar-refractivity contribution in [2.24, 2.45) is 0 Å². The second kappa shape index (κ2) is 12.7. The summed E-state index contributed by atoms with van der Waals surface area (Å²) in [5.41, 5.74) is 14.8. The minimum Gasteiger partial charge on any atom is -0.228 e. The first-order valence-electron chi connectivity index (χ1n) is 19.2. The van der Waals surface area contributed by atoms with Crippen molar-refractivity contribution in [3.8, 4) is 67.3 Å². The Labute approximate surface area is 330 Å². The Morgan fingerprint density at radius 2 is 1.07 bits per heavy atom. The van der Waals surface area contributed by atoms with Gasteiger partial charge in [0.25, 0.3) is 0 Å². The van der Waals surface area contributed by atoms with Crippen molar-refractivity contribution in [1.29, 1.82) is 0 Å². The smallest absolute Gasteiger partial charge is 0.160 e. The predicted octanol–water partition coefficient (Wildman–Crippen LogP) is 14.6. The number of thiophene rings is 1. The van der Waals surface area contributed by atoms with Crippen LogP contribution < -0.4 is 0 Å². The molecule has 0 spiro atoms. The van der Waals surface area contributed by atoms with E-state index in [2.05, 4.69) is 190 Å². The minimum absolute atomic E-state index is 0.110. The molecule has 11 rings (SSSR count). The molecule has 1 aliphatic rings. The van der Waals surface area contributed by atoms with E-state index in [1.165, 1.54) is 64.3 Å². The van der Waals surface area contributed by atoms with E-state index in [0.717, 1.165) is 39.2 Å². The van der Waals surface area contributed by atoms with Crippen LogP contribution in [0, 0.1) is 0 Å². The molecule has 0 aliphatic heterocycles. The van der Waals surface area contributed by atoms with Crippen molar-refractivity contribution in [1.82, 2.24) is 9.97 Å². The zero-order chi connectivity index (χ0) is 37.4. The normalized spacial score (nSPS) is 13.0. The molecule has 0 saturated carbocycles. The number of hydrogen-bond acceptors (Lipinski definition) is 3. The summed E-state index contributed by atoms with van der Waals surface area (Å²) >= 11 is 1.88. The van der Waals surface area contributed by atoms with Crippen LogP contribution in [0.3, 0.4) is 0 Å². The lowest BCUT2D eigenvalue weighted by Crippen LogP contribution is -2.14. The maximum atomic E-state index is 5.34. The molecule has 1 aliphatic carbocycles. The van der Waals surface area contributed by atoms with Crippen LogP contribution in [0.5, 0.6) is 0 Å². The predicted molar refractivity (Wildman–Crippen MR) is 237 cm³/mol. The van der Waals surface area contributed by atoms with Crippen LogP contribution >= 0.6 is 11.3 Å². The molecule has 2 aromatic heterocycles. The highest BCUT2D eigenvalue weighted by molar-refractivity contribution is 7.26. The zero-order valence-corrected chi connectivity index (χ0v) is 31.9. The fraction of sp³-hybridized carbons (Fsp3) is 0.0566. The van der Waals surface area contributed by atoms with Crippen molar-refractivity contribution in [3.63, 3.8) is 0 Å². The van der Waals surface area contributed by atoms with E-state index in [9.17, 15) is 0 Å². The van der Waals surface area contributed by atoms with Crippen LogP contribution in [0.25, 0.3) is 98.2 Å². The van der Waals surface area contributed by atoms with E-state index in [0.29, 0.717) is 5.82 Å². The first-order valence-corrected chi connectivity index (χ1v) is 20.0. The van der Waals surface area contributed by atoms with E-state index in [1.54, 1.807) is 0 Å². The summed E-state index contributed by atoms with van der Waals surface area (Å²) < 4.78 is 2.64. The summed E-state index contributed by atoms with van der Waals surface area (Å²) in [7, 11) is 0. The van der Waals surface area contributed by atoms with Gasteiger partial charge in [0.1, 0.15) is 0 Å². The minimum atomic E-state index is -0.110. The van der Waals surface area contributed by atoms with Crippen LogP contribution in [0.1, 0.15) is 25.0 Å². The summed E-state index contributed by atoms with van der Waals surface area (Å²) in [4.78, 5) is 10.7. The highest BCUT2D eigenvalue weighted by Gasteiger charge is 2.36. The summed E-state index contributed by atoms with van der Waals surface area (Å²) in [6.07, 6.45) is 0. The van der Waals surface area contributed by atoms with Gasteiger partial charge in [-0.05, 0) is 91.7 Å². The molecule has 56 heavy (non-hydrogen) atoms. The van der Waals surface area contributed by atoms with Gasteiger partial charge in [0, 0.05) is 42.3 Å². The summed E-state index contributed by atoms with van der Waals surface area (Å²) in [6.45, 7) is 4.66. The molecule has 2 nitrogen and oxygen atoms in total. The standard InChI is InChI=1S/C53H36N2S/c1-53(2)45-22-12-11-20-42(45)50-43(21-13-23-46(50)53)48-32-47(54-52(55-48)35-17-7-4-8-18-35)39-29-37(33-14-5-3-6-15-33)28-38(30-39)36-25-27-49-44(31-36)41-26-24-34-16-9-10-19-40(34)51(41)56-49/h3-32H,1-2H3. The van der Waals surface area contributed by atoms with Crippen molar-refractivity contribution in [2.45, 2.75) is 19.3 Å². The highest BCUT2D eigenvalue weighted by atomic mass is 32.1. The Bertz CT molecular complexity index is 3160.